The summed E-state index contributed by atoms with van der Waals surface area (Å²) in [5.41, 5.74) is 0.798. The molecule has 0 atom stereocenters. The fourth-order valence-corrected chi connectivity index (χ4v) is 2.22. The van der Waals surface area contributed by atoms with Gasteiger partial charge < -0.3 is 14.6 Å². The number of carbonyl (C=O) groups is 1. The van der Waals surface area contributed by atoms with Gasteiger partial charge in [-0.05, 0) is 29.8 Å². The molecule has 0 spiro atoms. The monoisotopic (exact) mass is 354 g/mol. The van der Waals surface area contributed by atoms with Crippen LogP contribution in [0.1, 0.15) is 15.9 Å². The van der Waals surface area contributed by atoms with E-state index in [0.717, 1.165) is 5.56 Å². The third-order valence-electron chi connectivity index (χ3n) is 2.74. The molecule has 2 aromatic rings. The van der Waals surface area contributed by atoms with Crippen molar-refractivity contribution in [3.05, 3.63) is 57.8 Å². The van der Waals surface area contributed by atoms with Crippen LogP contribution in [0, 0.1) is 5.82 Å². The zero-order chi connectivity index (χ0) is 15.4. The number of rotatable bonds is 5. The molecule has 4 nitrogen and oxygen atoms in total. The molecule has 0 aliphatic heterocycles. The summed E-state index contributed by atoms with van der Waals surface area (Å²) in [7, 11) is 1.40. The molecule has 6 heteroatoms. The fourth-order valence-electron chi connectivity index (χ4n) is 1.78. The van der Waals surface area contributed by atoms with E-state index in [-0.39, 0.29) is 17.9 Å². The highest BCUT2D eigenvalue weighted by molar-refractivity contribution is 9.10. The molecule has 0 saturated heterocycles. The van der Waals surface area contributed by atoms with Crippen molar-refractivity contribution in [2.45, 2.75) is 6.61 Å². The second kappa shape index (κ2) is 6.58. The topological polar surface area (TPSA) is 55.8 Å². The number of halogens is 2. The van der Waals surface area contributed by atoms with Gasteiger partial charge in [-0.15, -0.1) is 0 Å². The second-order valence-electron chi connectivity index (χ2n) is 4.23. The predicted molar refractivity (Wildman–Crippen MR) is 78.4 cm³/mol. The summed E-state index contributed by atoms with van der Waals surface area (Å²) in [4.78, 5) is 11.0. The van der Waals surface area contributed by atoms with Gasteiger partial charge in [0.15, 0.2) is 0 Å². The molecule has 21 heavy (non-hydrogen) atoms. The van der Waals surface area contributed by atoms with E-state index < -0.39 is 11.8 Å². The minimum Gasteiger partial charge on any atom is -0.496 e. The van der Waals surface area contributed by atoms with Gasteiger partial charge >= 0.3 is 5.97 Å². The lowest BCUT2D eigenvalue weighted by molar-refractivity contribution is 0.0693. The van der Waals surface area contributed by atoms with Gasteiger partial charge in [0, 0.05) is 10.5 Å². The van der Waals surface area contributed by atoms with Gasteiger partial charge in [0.2, 0.25) is 0 Å². The van der Waals surface area contributed by atoms with E-state index in [1.807, 2.05) is 0 Å². The van der Waals surface area contributed by atoms with Crippen LogP contribution in [0.15, 0.2) is 40.9 Å². The Kier molecular flexibility index (Phi) is 4.80. The molecule has 0 aliphatic rings. The highest BCUT2D eigenvalue weighted by Gasteiger charge is 2.11. The van der Waals surface area contributed by atoms with Crippen molar-refractivity contribution in [3.8, 4) is 11.5 Å². The molecule has 0 heterocycles. The molecular weight excluding hydrogens is 343 g/mol. The van der Waals surface area contributed by atoms with Crippen molar-refractivity contribution >= 4 is 21.9 Å². The zero-order valence-electron chi connectivity index (χ0n) is 11.1. The van der Waals surface area contributed by atoms with Gasteiger partial charge in [-0.2, -0.15) is 0 Å². The van der Waals surface area contributed by atoms with Gasteiger partial charge in [0.1, 0.15) is 29.5 Å². The molecule has 0 radical (unpaired) electrons. The van der Waals surface area contributed by atoms with Crippen LogP contribution < -0.4 is 9.47 Å². The first-order chi connectivity index (χ1) is 9.99. The minimum atomic E-state index is -1.06. The summed E-state index contributed by atoms with van der Waals surface area (Å²) in [6.45, 7) is 0.173. The quantitative estimate of drug-likeness (QED) is 0.885. The van der Waals surface area contributed by atoms with Crippen molar-refractivity contribution < 1.29 is 23.8 Å². The highest BCUT2D eigenvalue weighted by Crippen LogP contribution is 2.24. The van der Waals surface area contributed by atoms with Crippen LogP contribution in [0.3, 0.4) is 0 Å². The summed E-state index contributed by atoms with van der Waals surface area (Å²) in [5, 5.41) is 9.00. The molecule has 0 aromatic heterocycles. The van der Waals surface area contributed by atoms with E-state index in [1.165, 1.54) is 25.3 Å². The third kappa shape index (κ3) is 3.95. The maximum atomic E-state index is 13.2. The van der Waals surface area contributed by atoms with Gasteiger partial charge in [-0.3, -0.25) is 0 Å². The lowest BCUT2D eigenvalue weighted by Gasteiger charge is -2.10. The molecule has 1 N–H and O–H groups in total. The fraction of sp³-hybridized carbons (Fsp3) is 0.133. The van der Waals surface area contributed by atoms with Crippen molar-refractivity contribution in [1.82, 2.24) is 0 Å². The van der Waals surface area contributed by atoms with Crippen molar-refractivity contribution in [2.24, 2.45) is 0 Å². The van der Waals surface area contributed by atoms with Gasteiger partial charge in [0.05, 0.1) is 7.11 Å². The van der Waals surface area contributed by atoms with E-state index in [4.69, 9.17) is 14.6 Å². The van der Waals surface area contributed by atoms with Gasteiger partial charge in [-0.25, -0.2) is 9.18 Å². The van der Waals surface area contributed by atoms with Crippen LogP contribution in [0.5, 0.6) is 11.5 Å². The largest absolute Gasteiger partial charge is 0.496 e. The predicted octanol–water partition coefficient (Wildman–Crippen LogP) is 3.87. The third-order valence-corrected chi connectivity index (χ3v) is 3.20. The summed E-state index contributed by atoms with van der Waals surface area (Å²) in [5.74, 6) is -0.835. The number of carboxylic acid groups (broad SMARTS) is 1. The Morgan fingerprint density at radius 1 is 1.29 bits per heavy atom. The van der Waals surface area contributed by atoms with E-state index in [0.29, 0.717) is 10.2 Å². The van der Waals surface area contributed by atoms with Crippen molar-refractivity contribution in [1.29, 1.82) is 0 Å². The molecule has 0 amide bonds. The molecule has 0 saturated carbocycles. The van der Waals surface area contributed by atoms with Crippen LogP contribution in [-0.2, 0) is 6.61 Å². The summed E-state index contributed by atoms with van der Waals surface area (Å²) in [6.07, 6.45) is 0. The number of ether oxygens (including phenoxy) is 2. The van der Waals surface area contributed by atoms with E-state index in [9.17, 15) is 9.18 Å². The normalized spacial score (nSPS) is 10.2. The molecule has 0 fully saturated rings. The van der Waals surface area contributed by atoms with Crippen LogP contribution in [0.4, 0.5) is 4.39 Å². The van der Waals surface area contributed by atoms with E-state index in [1.54, 1.807) is 18.2 Å². The molecule has 2 aromatic carbocycles. The maximum absolute atomic E-state index is 13.2. The maximum Gasteiger partial charge on any atom is 0.339 e. The van der Waals surface area contributed by atoms with Gasteiger partial charge in [0.25, 0.3) is 0 Å². The number of hydrogen-bond donors (Lipinski definition) is 1. The Labute approximate surface area is 129 Å². The highest BCUT2D eigenvalue weighted by atomic mass is 79.9. The van der Waals surface area contributed by atoms with Gasteiger partial charge in [-0.1, -0.05) is 22.0 Å². The average Bonchev–Trinajstić information content (AvgIpc) is 2.43. The Balaban J connectivity index is 2.14. The van der Waals surface area contributed by atoms with Crippen LogP contribution in [0.2, 0.25) is 0 Å². The minimum absolute atomic E-state index is 0.0785. The lowest BCUT2D eigenvalue weighted by Crippen LogP contribution is -2.03. The molecular formula is C15H12BrFO4. The summed E-state index contributed by atoms with van der Waals surface area (Å²) >= 11 is 3.18. The first-order valence-electron chi connectivity index (χ1n) is 5.98. The van der Waals surface area contributed by atoms with Crippen molar-refractivity contribution in [3.63, 3.8) is 0 Å². The smallest absolute Gasteiger partial charge is 0.339 e. The number of aromatic carboxylic acids is 1. The Morgan fingerprint density at radius 2 is 2.05 bits per heavy atom. The first-order valence-corrected chi connectivity index (χ1v) is 6.78. The summed E-state index contributed by atoms with van der Waals surface area (Å²) in [6, 6.07) is 8.90. The van der Waals surface area contributed by atoms with E-state index >= 15 is 0 Å². The second-order valence-corrected chi connectivity index (χ2v) is 5.15. The van der Waals surface area contributed by atoms with E-state index in [2.05, 4.69) is 15.9 Å². The van der Waals surface area contributed by atoms with Crippen LogP contribution in [0.25, 0.3) is 0 Å². The number of benzene rings is 2. The molecule has 2 rings (SSSR count). The number of carboxylic acids is 1. The average molecular weight is 355 g/mol. The Bertz CT molecular complexity index is 652. The Morgan fingerprint density at radius 3 is 2.67 bits per heavy atom. The number of hydrogen-bond acceptors (Lipinski definition) is 3. The number of methoxy groups -OCH3 is 1. The molecule has 0 bridgehead atoms. The van der Waals surface area contributed by atoms with Crippen LogP contribution >= 0.6 is 15.9 Å². The summed E-state index contributed by atoms with van der Waals surface area (Å²) < 4.78 is 24.3. The zero-order valence-corrected chi connectivity index (χ0v) is 12.7. The van der Waals surface area contributed by atoms with Crippen LogP contribution in [-0.4, -0.2) is 18.2 Å². The first kappa shape index (κ1) is 15.3. The SMILES string of the molecule is COc1cc(COc2cc(F)cc(Br)c2)ccc1C(=O)O. The standard InChI is InChI=1S/C15H12BrFO4/c1-20-14-4-9(2-3-13(14)15(18)19)8-21-12-6-10(16)5-11(17)7-12/h2-7H,8H2,1H3,(H,18,19). The lowest BCUT2D eigenvalue weighted by atomic mass is 10.1. The Hall–Kier alpha value is -2.08. The molecule has 0 aliphatic carbocycles. The van der Waals surface area contributed by atoms with Crippen molar-refractivity contribution in [2.75, 3.05) is 7.11 Å². The molecule has 0 unspecified atom stereocenters. The molecule has 110 valence electrons.